The molecule has 1 fully saturated rings. The molecule has 2 heteroatoms. The van der Waals surface area contributed by atoms with Crippen LogP contribution in [0.4, 0.5) is 0 Å². The summed E-state index contributed by atoms with van der Waals surface area (Å²) in [5.41, 5.74) is 5.06. The molecule has 12 heavy (non-hydrogen) atoms. The summed E-state index contributed by atoms with van der Waals surface area (Å²) in [5.74, 6) is 0.513. The number of nitrogens with two attached hydrogens (primary N) is 1. The van der Waals surface area contributed by atoms with Crippen LogP contribution in [0, 0.1) is 5.92 Å². The highest BCUT2D eigenvalue weighted by Crippen LogP contribution is 2.41. The van der Waals surface area contributed by atoms with Crippen LogP contribution in [0.25, 0.3) is 0 Å². The van der Waals surface area contributed by atoms with Gasteiger partial charge < -0.3 is 10.8 Å². The Morgan fingerprint density at radius 3 is 2.50 bits per heavy atom. The van der Waals surface area contributed by atoms with Crippen molar-refractivity contribution in [3.05, 3.63) is 0 Å². The highest BCUT2D eigenvalue weighted by molar-refractivity contribution is 4.95. The van der Waals surface area contributed by atoms with Crippen LogP contribution < -0.4 is 5.73 Å². The maximum atomic E-state index is 10.1. The Balaban J connectivity index is 2.23. The third-order valence-corrected chi connectivity index (χ3v) is 2.90. The Morgan fingerprint density at radius 1 is 1.42 bits per heavy atom. The van der Waals surface area contributed by atoms with Crippen molar-refractivity contribution < 1.29 is 5.11 Å². The molecule has 1 unspecified atom stereocenters. The third-order valence-electron chi connectivity index (χ3n) is 2.90. The zero-order valence-electron chi connectivity index (χ0n) is 8.05. The van der Waals surface area contributed by atoms with Gasteiger partial charge in [0.2, 0.25) is 0 Å². The van der Waals surface area contributed by atoms with Crippen LogP contribution >= 0.6 is 0 Å². The monoisotopic (exact) mass is 171 g/mol. The smallest absolute Gasteiger partial charge is 0.0797 e. The molecule has 0 aromatic rings. The van der Waals surface area contributed by atoms with E-state index in [2.05, 4.69) is 6.92 Å². The lowest BCUT2D eigenvalue weighted by atomic mass is 9.91. The van der Waals surface area contributed by atoms with Crippen LogP contribution in [-0.2, 0) is 0 Å². The first-order chi connectivity index (χ1) is 5.73. The Kier molecular flexibility index (Phi) is 3.53. The topological polar surface area (TPSA) is 46.2 Å². The molecular weight excluding hydrogens is 150 g/mol. The predicted molar refractivity (Wildman–Crippen MR) is 50.9 cm³/mol. The molecule has 1 atom stereocenters. The average Bonchev–Trinajstić information content (AvgIpc) is 2.87. The molecule has 72 valence electrons. The summed E-state index contributed by atoms with van der Waals surface area (Å²) in [6.45, 7) is 2.63. The van der Waals surface area contributed by atoms with Gasteiger partial charge in [-0.1, -0.05) is 26.2 Å². The quantitative estimate of drug-likeness (QED) is 0.597. The van der Waals surface area contributed by atoms with Crippen molar-refractivity contribution in [2.24, 2.45) is 11.7 Å². The summed E-state index contributed by atoms with van der Waals surface area (Å²) in [5, 5.41) is 10.1. The van der Waals surface area contributed by atoms with Crippen LogP contribution in [0.3, 0.4) is 0 Å². The van der Waals surface area contributed by atoms with Gasteiger partial charge in [-0.2, -0.15) is 0 Å². The van der Waals surface area contributed by atoms with Crippen molar-refractivity contribution in [2.75, 3.05) is 6.54 Å². The van der Waals surface area contributed by atoms with Crippen molar-refractivity contribution in [1.29, 1.82) is 0 Å². The van der Waals surface area contributed by atoms with Crippen molar-refractivity contribution in [2.45, 2.75) is 51.0 Å². The largest absolute Gasteiger partial charge is 0.388 e. The second-order valence-electron chi connectivity index (χ2n) is 4.04. The second kappa shape index (κ2) is 4.24. The van der Waals surface area contributed by atoms with Crippen molar-refractivity contribution in [3.63, 3.8) is 0 Å². The lowest BCUT2D eigenvalue weighted by Crippen LogP contribution is -2.39. The summed E-state index contributed by atoms with van der Waals surface area (Å²) in [7, 11) is 0. The molecule has 0 saturated heterocycles. The molecule has 0 bridgehead atoms. The van der Waals surface area contributed by atoms with E-state index in [0.29, 0.717) is 12.5 Å². The lowest BCUT2D eigenvalue weighted by molar-refractivity contribution is 0.0155. The van der Waals surface area contributed by atoms with Crippen LogP contribution in [0.2, 0.25) is 0 Å². The lowest BCUT2D eigenvalue weighted by Gasteiger charge is -2.26. The van der Waals surface area contributed by atoms with Gasteiger partial charge in [0, 0.05) is 6.54 Å². The molecule has 1 saturated carbocycles. The fraction of sp³-hybridized carbons (Fsp3) is 1.00. The van der Waals surface area contributed by atoms with Crippen molar-refractivity contribution >= 4 is 0 Å². The van der Waals surface area contributed by atoms with Crippen LogP contribution in [-0.4, -0.2) is 17.3 Å². The molecule has 0 radical (unpaired) electrons. The SMILES string of the molecule is CCCCCC(O)(CN)C1CC1. The molecular formula is C10H21NO. The van der Waals surface area contributed by atoms with Gasteiger partial charge in [0.25, 0.3) is 0 Å². The Morgan fingerprint density at radius 2 is 2.08 bits per heavy atom. The summed E-state index contributed by atoms with van der Waals surface area (Å²) in [4.78, 5) is 0. The van der Waals surface area contributed by atoms with Gasteiger partial charge in [0.15, 0.2) is 0 Å². The fourth-order valence-electron chi connectivity index (χ4n) is 1.77. The van der Waals surface area contributed by atoms with Crippen molar-refractivity contribution in [1.82, 2.24) is 0 Å². The minimum Gasteiger partial charge on any atom is -0.388 e. The number of hydrogen-bond acceptors (Lipinski definition) is 2. The second-order valence-corrected chi connectivity index (χ2v) is 4.04. The molecule has 0 amide bonds. The minimum absolute atomic E-state index is 0.446. The van der Waals surface area contributed by atoms with Gasteiger partial charge in [-0.05, 0) is 25.2 Å². The van der Waals surface area contributed by atoms with Gasteiger partial charge in [-0.3, -0.25) is 0 Å². The summed E-state index contributed by atoms with van der Waals surface area (Å²) in [6, 6.07) is 0. The van der Waals surface area contributed by atoms with E-state index < -0.39 is 5.60 Å². The number of unbranched alkanes of at least 4 members (excludes halogenated alkanes) is 2. The normalized spacial score (nSPS) is 22.2. The minimum atomic E-state index is -0.519. The highest BCUT2D eigenvalue weighted by Gasteiger charge is 2.41. The summed E-state index contributed by atoms with van der Waals surface area (Å²) in [6.07, 6.45) is 6.82. The molecule has 0 spiro atoms. The van der Waals surface area contributed by atoms with E-state index in [1.165, 1.54) is 25.7 Å². The molecule has 3 N–H and O–H groups in total. The zero-order chi connectivity index (χ0) is 9.03. The first-order valence-corrected chi connectivity index (χ1v) is 5.15. The maximum absolute atomic E-state index is 10.1. The Hall–Kier alpha value is -0.0800. The first-order valence-electron chi connectivity index (χ1n) is 5.15. The number of rotatable bonds is 6. The number of aliphatic hydroxyl groups is 1. The third kappa shape index (κ3) is 2.46. The van der Waals surface area contributed by atoms with E-state index in [0.717, 1.165) is 12.8 Å². The van der Waals surface area contributed by atoms with Gasteiger partial charge in [0.1, 0.15) is 0 Å². The number of hydrogen-bond donors (Lipinski definition) is 2. The van der Waals surface area contributed by atoms with E-state index in [1.807, 2.05) is 0 Å². The van der Waals surface area contributed by atoms with Crippen LogP contribution in [0.15, 0.2) is 0 Å². The van der Waals surface area contributed by atoms with E-state index in [9.17, 15) is 5.11 Å². The van der Waals surface area contributed by atoms with Gasteiger partial charge in [0.05, 0.1) is 5.60 Å². The standard InChI is InChI=1S/C10H21NO/c1-2-3-4-7-10(12,8-11)9-5-6-9/h9,12H,2-8,11H2,1H3. The van der Waals surface area contributed by atoms with Gasteiger partial charge in [-0.25, -0.2) is 0 Å². The van der Waals surface area contributed by atoms with Crippen molar-refractivity contribution in [3.8, 4) is 0 Å². The molecule has 0 heterocycles. The fourth-order valence-corrected chi connectivity index (χ4v) is 1.77. The average molecular weight is 171 g/mol. The molecule has 1 rings (SSSR count). The molecule has 1 aliphatic carbocycles. The summed E-state index contributed by atoms with van der Waals surface area (Å²) >= 11 is 0. The highest BCUT2D eigenvalue weighted by atomic mass is 16.3. The predicted octanol–water partition coefficient (Wildman–Crippen LogP) is 1.67. The zero-order valence-corrected chi connectivity index (χ0v) is 8.05. The molecule has 0 aromatic carbocycles. The van der Waals surface area contributed by atoms with Gasteiger partial charge >= 0.3 is 0 Å². The van der Waals surface area contributed by atoms with Crippen LogP contribution in [0.5, 0.6) is 0 Å². The Bertz CT molecular complexity index is 134. The molecule has 1 aliphatic rings. The van der Waals surface area contributed by atoms with E-state index >= 15 is 0 Å². The van der Waals surface area contributed by atoms with E-state index in [1.54, 1.807) is 0 Å². The van der Waals surface area contributed by atoms with E-state index in [4.69, 9.17) is 5.73 Å². The van der Waals surface area contributed by atoms with Crippen LogP contribution in [0.1, 0.15) is 45.4 Å². The first kappa shape index (κ1) is 10.0. The van der Waals surface area contributed by atoms with E-state index in [-0.39, 0.29) is 0 Å². The summed E-state index contributed by atoms with van der Waals surface area (Å²) < 4.78 is 0. The van der Waals surface area contributed by atoms with Gasteiger partial charge in [-0.15, -0.1) is 0 Å². The molecule has 2 nitrogen and oxygen atoms in total. The molecule has 0 aromatic heterocycles. The Labute approximate surface area is 75.2 Å². The molecule has 0 aliphatic heterocycles. The maximum Gasteiger partial charge on any atom is 0.0797 e.